The molecule has 0 bridgehead atoms. The second kappa shape index (κ2) is 5.34. The second-order valence-electron chi connectivity index (χ2n) is 4.62. The fourth-order valence-electron chi connectivity index (χ4n) is 2.33. The van der Waals surface area contributed by atoms with Crippen LogP contribution in [-0.4, -0.2) is 47.8 Å². The number of benzene rings is 1. The van der Waals surface area contributed by atoms with Gasteiger partial charge in [0.15, 0.2) is 0 Å². The maximum Gasteiger partial charge on any atom is 0.409 e. The molecule has 1 atom stereocenters. The Morgan fingerprint density at radius 2 is 1.81 bits per heavy atom. The lowest BCUT2D eigenvalue weighted by Gasteiger charge is -2.32. The summed E-state index contributed by atoms with van der Waals surface area (Å²) in [6.07, 6.45) is -1.35. The monoisotopic (exact) mass is 314 g/mol. The average Bonchev–Trinajstić information content (AvgIpc) is 2.84. The lowest BCUT2D eigenvalue weighted by molar-refractivity contribution is -0.149. The molecule has 1 unspecified atom stereocenters. The molecule has 0 saturated carbocycles. The molecule has 0 spiro atoms. The molecule has 2 rings (SSSR count). The number of amides is 1. The number of carboxylic acid groups (broad SMARTS) is 2. The first-order chi connectivity index (χ1) is 9.79. The van der Waals surface area contributed by atoms with Crippen LogP contribution in [0.25, 0.3) is 0 Å². The van der Waals surface area contributed by atoms with E-state index in [1.165, 1.54) is 24.3 Å². The van der Waals surface area contributed by atoms with Crippen molar-refractivity contribution in [2.24, 2.45) is 0 Å². The van der Waals surface area contributed by atoms with Crippen molar-refractivity contribution in [3.8, 4) is 0 Å². The molecule has 9 heteroatoms. The van der Waals surface area contributed by atoms with Gasteiger partial charge in [0.05, 0.1) is 4.90 Å². The molecule has 1 amide bonds. The van der Waals surface area contributed by atoms with E-state index in [2.05, 4.69) is 0 Å². The molecule has 1 aliphatic rings. The summed E-state index contributed by atoms with van der Waals surface area (Å²) in [7, 11) is -4.15. The van der Waals surface area contributed by atoms with Crippen LogP contribution in [0.1, 0.15) is 12.8 Å². The summed E-state index contributed by atoms with van der Waals surface area (Å²) in [5, 5.41) is 18.5. The van der Waals surface area contributed by atoms with Crippen molar-refractivity contribution in [3.05, 3.63) is 30.3 Å². The molecule has 0 aliphatic carbocycles. The first-order valence-electron chi connectivity index (χ1n) is 6.12. The molecular formula is C12H14N2O6S. The summed E-state index contributed by atoms with van der Waals surface area (Å²) in [4.78, 5) is 23.2. The van der Waals surface area contributed by atoms with Gasteiger partial charge in [-0.25, -0.2) is 18.0 Å². The number of rotatable bonds is 4. The van der Waals surface area contributed by atoms with Crippen molar-refractivity contribution in [2.45, 2.75) is 23.4 Å². The van der Waals surface area contributed by atoms with E-state index in [9.17, 15) is 23.1 Å². The Hall–Kier alpha value is -2.13. The highest BCUT2D eigenvalue weighted by Crippen LogP contribution is 2.29. The minimum absolute atomic E-state index is 0.0427. The van der Waals surface area contributed by atoms with Crippen molar-refractivity contribution in [3.63, 3.8) is 0 Å². The maximum atomic E-state index is 12.3. The molecule has 1 saturated heterocycles. The summed E-state index contributed by atoms with van der Waals surface area (Å²) < 4.78 is 26.6. The minimum atomic E-state index is -4.15. The van der Waals surface area contributed by atoms with Crippen LogP contribution < -0.4 is 4.72 Å². The average molecular weight is 314 g/mol. The topological polar surface area (TPSA) is 124 Å². The molecule has 8 nitrogen and oxygen atoms in total. The molecule has 0 aromatic heterocycles. The van der Waals surface area contributed by atoms with E-state index in [1.54, 1.807) is 6.07 Å². The van der Waals surface area contributed by atoms with Gasteiger partial charge in [0.1, 0.15) is 0 Å². The van der Waals surface area contributed by atoms with E-state index in [0.717, 1.165) is 0 Å². The Kier molecular flexibility index (Phi) is 3.88. The van der Waals surface area contributed by atoms with E-state index in [0.29, 0.717) is 4.90 Å². The van der Waals surface area contributed by atoms with E-state index in [-0.39, 0.29) is 24.3 Å². The summed E-state index contributed by atoms with van der Waals surface area (Å²) >= 11 is 0. The van der Waals surface area contributed by atoms with Gasteiger partial charge in [-0.15, -0.1) is 0 Å². The number of sulfonamides is 1. The smallest absolute Gasteiger partial charge is 0.409 e. The Bertz CT molecular complexity index is 660. The van der Waals surface area contributed by atoms with Gasteiger partial charge in [-0.3, -0.25) is 4.90 Å². The number of hydrogen-bond donors (Lipinski definition) is 3. The van der Waals surface area contributed by atoms with E-state index in [1.807, 2.05) is 4.72 Å². The Morgan fingerprint density at radius 3 is 2.33 bits per heavy atom. The van der Waals surface area contributed by atoms with Gasteiger partial charge >= 0.3 is 12.1 Å². The number of likely N-dealkylation sites (tertiary alicyclic amines) is 1. The van der Waals surface area contributed by atoms with Crippen LogP contribution in [0.3, 0.4) is 0 Å². The van der Waals surface area contributed by atoms with E-state index < -0.39 is 27.7 Å². The lowest BCUT2D eigenvalue weighted by atomic mass is 10.1. The maximum absolute atomic E-state index is 12.3. The second-order valence-corrected chi connectivity index (χ2v) is 6.30. The standard InChI is InChI=1S/C12H14N2O6S/c15-10(16)12(7-4-8-14(12)11(17)18)13-21(19,20)9-5-2-1-3-6-9/h1-3,5-6,13H,4,7-8H2,(H,15,16)(H,17,18). The van der Waals surface area contributed by atoms with Crippen LogP contribution in [0.15, 0.2) is 35.2 Å². The van der Waals surface area contributed by atoms with Crippen molar-refractivity contribution in [1.29, 1.82) is 0 Å². The van der Waals surface area contributed by atoms with Crippen molar-refractivity contribution < 1.29 is 28.2 Å². The van der Waals surface area contributed by atoms with Gasteiger partial charge in [0.2, 0.25) is 15.7 Å². The number of carbonyl (C=O) groups is 2. The molecule has 3 N–H and O–H groups in total. The molecule has 1 heterocycles. The van der Waals surface area contributed by atoms with Crippen molar-refractivity contribution in [2.75, 3.05) is 6.54 Å². The number of hydrogen-bond acceptors (Lipinski definition) is 4. The van der Waals surface area contributed by atoms with E-state index in [4.69, 9.17) is 5.11 Å². The van der Waals surface area contributed by atoms with Crippen molar-refractivity contribution in [1.82, 2.24) is 9.62 Å². The zero-order valence-electron chi connectivity index (χ0n) is 10.9. The van der Waals surface area contributed by atoms with Gasteiger partial charge in [-0.1, -0.05) is 18.2 Å². The van der Waals surface area contributed by atoms with Crippen LogP contribution in [0.5, 0.6) is 0 Å². The van der Waals surface area contributed by atoms with Crippen molar-refractivity contribution >= 4 is 22.1 Å². The number of nitrogens with zero attached hydrogens (tertiary/aromatic N) is 1. The van der Waals surface area contributed by atoms with Crippen LogP contribution in [-0.2, 0) is 14.8 Å². The normalized spacial score (nSPS) is 22.2. The van der Waals surface area contributed by atoms with Crippen LogP contribution in [0.2, 0.25) is 0 Å². The molecule has 1 fully saturated rings. The molecule has 21 heavy (non-hydrogen) atoms. The fraction of sp³-hybridized carbons (Fsp3) is 0.333. The fourth-order valence-corrected chi connectivity index (χ4v) is 3.71. The highest BCUT2D eigenvalue weighted by molar-refractivity contribution is 7.89. The summed E-state index contributed by atoms with van der Waals surface area (Å²) in [6.45, 7) is -0.0427. The van der Waals surface area contributed by atoms with Crippen LogP contribution in [0, 0.1) is 0 Å². The number of aliphatic carboxylic acids is 1. The summed E-state index contributed by atoms with van der Waals surface area (Å²) in [6, 6.07) is 7.21. The van der Waals surface area contributed by atoms with Gasteiger partial charge < -0.3 is 10.2 Å². The first kappa shape index (κ1) is 15.3. The van der Waals surface area contributed by atoms with Gasteiger partial charge in [0.25, 0.3) is 0 Å². The summed E-state index contributed by atoms with van der Waals surface area (Å²) in [5.74, 6) is -1.54. The quantitative estimate of drug-likeness (QED) is 0.744. The predicted octanol–water partition coefficient (Wildman–Crippen LogP) is 0.520. The highest BCUT2D eigenvalue weighted by atomic mass is 32.2. The zero-order valence-corrected chi connectivity index (χ0v) is 11.7. The van der Waals surface area contributed by atoms with Crippen LogP contribution in [0.4, 0.5) is 4.79 Å². The highest BCUT2D eigenvalue weighted by Gasteiger charge is 2.53. The SMILES string of the molecule is O=C(O)N1CCCC1(NS(=O)(=O)c1ccccc1)C(=O)O. The van der Waals surface area contributed by atoms with Gasteiger partial charge in [-0.05, 0) is 25.0 Å². The Labute approximate surface area is 121 Å². The largest absolute Gasteiger partial charge is 0.478 e. The zero-order chi connectivity index (χ0) is 15.7. The Morgan fingerprint density at radius 1 is 1.19 bits per heavy atom. The van der Waals surface area contributed by atoms with Gasteiger partial charge in [0, 0.05) is 6.54 Å². The number of carboxylic acids is 1. The Balaban J connectivity index is 2.42. The predicted molar refractivity (Wildman–Crippen MR) is 71.1 cm³/mol. The molecule has 0 radical (unpaired) electrons. The molecule has 1 aromatic carbocycles. The minimum Gasteiger partial charge on any atom is -0.478 e. The molecule has 1 aromatic rings. The third kappa shape index (κ3) is 2.69. The number of nitrogens with one attached hydrogen (secondary N) is 1. The van der Waals surface area contributed by atoms with Gasteiger partial charge in [-0.2, -0.15) is 4.72 Å². The summed E-state index contributed by atoms with van der Waals surface area (Å²) in [5.41, 5.74) is -2.17. The molecular weight excluding hydrogens is 300 g/mol. The first-order valence-corrected chi connectivity index (χ1v) is 7.61. The van der Waals surface area contributed by atoms with Crippen LogP contribution >= 0.6 is 0 Å². The third-order valence-electron chi connectivity index (χ3n) is 3.32. The molecule has 1 aliphatic heterocycles. The molecule has 114 valence electrons. The third-order valence-corrected chi connectivity index (χ3v) is 4.82. The lowest BCUT2D eigenvalue weighted by Crippen LogP contribution is -2.63. The van der Waals surface area contributed by atoms with E-state index >= 15 is 0 Å².